The lowest BCUT2D eigenvalue weighted by Gasteiger charge is -2.11. The largest absolute Gasteiger partial charge is 0.497 e. The smallest absolute Gasteiger partial charge is 0.233 e. The summed E-state index contributed by atoms with van der Waals surface area (Å²) >= 11 is 0. The minimum absolute atomic E-state index is 0.0506. The van der Waals surface area contributed by atoms with Crippen LogP contribution in [0.15, 0.2) is 18.2 Å². The van der Waals surface area contributed by atoms with Gasteiger partial charge >= 0.3 is 0 Å². The molecule has 5 nitrogen and oxygen atoms in total. The Morgan fingerprint density at radius 1 is 1.35 bits per heavy atom. The molecule has 0 unspecified atom stereocenters. The molecule has 0 saturated carbocycles. The van der Waals surface area contributed by atoms with Crippen LogP contribution in [0.25, 0.3) is 0 Å². The standard InChI is InChI=1S/C11H18N2O3S/c1-9-8-10(16-3)4-5-11(9)13-17(14,15)7-6-12-2/h4-5,8,12-13H,6-7H2,1-3H3. The zero-order valence-corrected chi connectivity index (χ0v) is 11.1. The summed E-state index contributed by atoms with van der Waals surface area (Å²) in [5.41, 5.74) is 1.42. The van der Waals surface area contributed by atoms with Gasteiger partial charge in [0.05, 0.1) is 18.6 Å². The van der Waals surface area contributed by atoms with Gasteiger partial charge in [-0.05, 0) is 37.7 Å². The van der Waals surface area contributed by atoms with Crippen LogP contribution in [0.2, 0.25) is 0 Å². The Kier molecular flexibility index (Phi) is 4.77. The fourth-order valence-corrected chi connectivity index (χ4v) is 2.47. The van der Waals surface area contributed by atoms with Crippen molar-refractivity contribution in [3.63, 3.8) is 0 Å². The van der Waals surface area contributed by atoms with Crippen molar-refractivity contribution >= 4 is 15.7 Å². The molecule has 96 valence electrons. The molecule has 1 aromatic carbocycles. The predicted molar refractivity (Wildman–Crippen MR) is 69.1 cm³/mol. The average Bonchev–Trinajstić information content (AvgIpc) is 2.29. The van der Waals surface area contributed by atoms with Gasteiger partial charge in [-0.1, -0.05) is 0 Å². The molecule has 2 N–H and O–H groups in total. The molecule has 1 rings (SSSR count). The number of sulfonamides is 1. The number of hydrogen-bond donors (Lipinski definition) is 2. The summed E-state index contributed by atoms with van der Waals surface area (Å²) in [7, 11) is -0.000815. The van der Waals surface area contributed by atoms with E-state index in [1.54, 1.807) is 32.4 Å². The van der Waals surface area contributed by atoms with Crippen LogP contribution in [0.4, 0.5) is 5.69 Å². The Morgan fingerprint density at radius 3 is 2.59 bits per heavy atom. The van der Waals surface area contributed by atoms with Gasteiger partial charge in [-0.3, -0.25) is 4.72 Å². The van der Waals surface area contributed by atoms with Gasteiger partial charge in [0, 0.05) is 6.54 Å². The van der Waals surface area contributed by atoms with E-state index in [0.717, 1.165) is 5.56 Å². The molecule has 6 heteroatoms. The molecular weight excluding hydrogens is 240 g/mol. The van der Waals surface area contributed by atoms with E-state index in [1.165, 1.54) is 0 Å². The Bertz CT molecular complexity index is 472. The topological polar surface area (TPSA) is 67.4 Å². The Morgan fingerprint density at radius 2 is 2.06 bits per heavy atom. The number of methoxy groups -OCH3 is 1. The van der Waals surface area contributed by atoms with E-state index in [1.807, 2.05) is 6.92 Å². The van der Waals surface area contributed by atoms with E-state index >= 15 is 0 Å². The second-order valence-corrected chi connectivity index (χ2v) is 5.55. The van der Waals surface area contributed by atoms with Gasteiger partial charge in [-0.2, -0.15) is 0 Å². The third kappa shape index (κ3) is 4.24. The van der Waals surface area contributed by atoms with Crippen LogP contribution in [-0.4, -0.2) is 34.9 Å². The molecule has 0 spiro atoms. The third-order valence-electron chi connectivity index (χ3n) is 2.32. The van der Waals surface area contributed by atoms with Crippen molar-refractivity contribution in [3.05, 3.63) is 23.8 Å². The third-order valence-corrected chi connectivity index (χ3v) is 3.59. The number of aryl methyl sites for hydroxylation is 1. The van der Waals surface area contributed by atoms with Crippen molar-refractivity contribution in [2.24, 2.45) is 0 Å². The highest BCUT2D eigenvalue weighted by molar-refractivity contribution is 7.92. The molecule has 17 heavy (non-hydrogen) atoms. The highest BCUT2D eigenvalue weighted by Crippen LogP contribution is 2.21. The van der Waals surface area contributed by atoms with Crippen molar-refractivity contribution in [2.75, 3.05) is 31.2 Å². The van der Waals surface area contributed by atoms with E-state index in [4.69, 9.17) is 4.74 Å². The minimum atomic E-state index is -3.29. The maximum Gasteiger partial charge on any atom is 0.233 e. The van der Waals surface area contributed by atoms with Crippen LogP contribution in [0.5, 0.6) is 5.75 Å². The molecular formula is C11H18N2O3S. The van der Waals surface area contributed by atoms with Crippen molar-refractivity contribution in [1.82, 2.24) is 5.32 Å². The number of nitrogens with one attached hydrogen (secondary N) is 2. The van der Waals surface area contributed by atoms with Crippen molar-refractivity contribution in [3.8, 4) is 5.75 Å². The number of ether oxygens (including phenoxy) is 1. The Balaban J connectivity index is 2.81. The van der Waals surface area contributed by atoms with Crippen molar-refractivity contribution in [1.29, 1.82) is 0 Å². The molecule has 0 heterocycles. The van der Waals surface area contributed by atoms with E-state index < -0.39 is 10.0 Å². The van der Waals surface area contributed by atoms with Gasteiger partial charge < -0.3 is 10.1 Å². The quantitative estimate of drug-likeness (QED) is 0.797. The molecule has 0 aromatic heterocycles. The van der Waals surface area contributed by atoms with E-state index in [9.17, 15) is 8.42 Å². The zero-order valence-electron chi connectivity index (χ0n) is 10.3. The fraction of sp³-hybridized carbons (Fsp3) is 0.455. The molecule has 0 bridgehead atoms. The van der Waals surface area contributed by atoms with E-state index in [0.29, 0.717) is 18.0 Å². The lowest BCUT2D eigenvalue weighted by atomic mass is 10.2. The molecule has 0 aliphatic heterocycles. The monoisotopic (exact) mass is 258 g/mol. The van der Waals surface area contributed by atoms with Crippen molar-refractivity contribution < 1.29 is 13.2 Å². The summed E-state index contributed by atoms with van der Waals surface area (Å²) in [6.45, 7) is 2.25. The summed E-state index contributed by atoms with van der Waals surface area (Å²) in [5, 5.41) is 2.80. The van der Waals surface area contributed by atoms with Gasteiger partial charge in [0.25, 0.3) is 0 Å². The van der Waals surface area contributed by atoms with Crippen LogP contribution in [0.1, 0.15) is 5.56 Å². The van der Waals surface area contributed by atoms with Gasteiger partial charge in [0.2, 0.25) is 10.0 Å². The zero-order chi connectivity index (χ0) is 12.9. The molecule has 0 amide bonds. The molecule has 0 aliphatic carbocycles. The second-order valence-electron chi connectivity index (χ2n) is 3.71. The summed E-state index contributed by atoms with van der Waals surface area (Å²) < 4.78 is 31.0. The van der Waals surface area contributed by atoms with Crippen LogP contribution >= 0.6 is 0 Å². The van der Waals surface area contributed by atoms with Crippen molar-refractivity contribution in [2.45, 2.75) is 6.92 Å². The number of hydrogen-bond acceptors (Lipinski definition) is 4. The SMILES string of the molecule is CNCCS(=O)(=O)Nc1ccc(OC)cc1C. The highest BCUT2D eigenvalue weighted by atomic mass is 32.2. The fourth-order valence-electron chi connectivity index (χ4n) is 1.33. The molecule has 1 aromatic rings. The van der Waals surface area contributed by atoms with E-state index in [-0.39, 0.29) is 5.75 Å². The van der Waals surface area contributed by atoms with Crippen LogP contribution < -0.4 is 14.8 Å². The summed E-state index contributed by atoms with van der Waals surface area (Å²) in [6.07, 6.45) is 0. The maximum absolute atomic E-state index is 11.7. The minimum Gasteiger partial charge on any atom is -0.497 e. The Labute approximate surface area is 102 Å². The molecule has 0 saturated heterocycles. The molecule has 0 atom stereocenters. The molecule has 0 radical (unpaired) electrons. The van der Waals surface area contributed by atoms with Gasteiger partial charge in [0.15, 0.2) is 0 Å². The number of benzene rings is 1. The first kappa shape index (κ1) is 13.8. The van der Waals surface area contributed by atoms with Crippen LogP contribution in [0.3, 0.4) is 0 Å². The lowest BCUT2D eigenvalue weighted by Crippen LogP contribution is -2.24. The normalized spacial score (nSPS) is 11.2. The Hall–Kier alpha value is -1.27. The lowest BCUT2D eigenvalue weighted by molar-refractivity contribution is 0.414. The first-order valence-electron chi connectivity index (χ1n) is 5.28. The van der Waals surface area contributed by atoms with Crippen LogP contribution in [-0.2, 0) is 10.0 Å². The summed E-state index contributed by atoms with van der Waals surface area (Å²) in [6, 6.07) is 5.21. The number of rotatable bonds is 6. The van der Waals surface area contributed by atoms with E-state index in [2.05, 4.69) is 10.0 Å². The first-order valence-corrected chi connectivity index (χ1v) is 6.93. The predicted octanol–water partition coefficient (Wildman–Crippen LogP) is 0.965. The summed E-state index contributed by atoms with van der Waals surface area (Å²) in [4.78, 5) is 0. The maximum atomic E-state index is 11.7. The summed E-state index contributed by atoms with van der Waals surface area (Å²) in [5.74, 6) is 0.760. The second kappa shape index (κ2) is 5.88. The molecule has 0 aliphatic rings. The highest BCUT2D eigenvalue weighted by Gasteiger charge is 2.11. The van der Waals surface area contributed by atoms with Gasteiger partial charge in [-0.25, -0.2) is 8.42 Å². The molecule has 0 fully saturated rings. The van der Waals surface area contributed by atoms with Crippen LogP contribution in [0, 0.1) is 6.92 Å². The average molecular weight is 258 g/mol. The van der Waals surface area contributed by atoms with Gasteiger partial charge in [0.1, 0.15) is 5.75 Å². The first-order chi connectivity index (χ1) is 7.98. The number of anilines is 1. The van der Waals surface area contributed by atoms with Gasteiger partial charge in [-0.15, -0.1) is 0 Å².